The SMILES string of the molecule is CCCCCNC(=O)C1CCCN1C(=O)C1CCCN1C(=O)CCCNC. The van der Waals surface area contributed by atoms with E-state index in [1.165, 1.54) is 0 Å². The van der Waals surface area contributed by atoms with Crippen molar-refractivity contribution in [3.05, 3.63) is 0 Å². The normalized spacial score (nSPS) is 22.3. The molecule has 154 valence electrons. The molecule has 2 saturated heterocycles. The molecule has 0 aliphatic carbocycles. The van der Waals surface area contributed by atoms with E-state index in [2.05, 4.69) is 17.6 Å². The molecule has 2 atom stereocenters. The average molecular weight is 381 g/mol. The van der Waals surface area contributed by atoms with Crippen LogP contribution >= 0.6 is 0 Å². The number of carbonyl (C=O) groups excluding carboxylic acids is 3. The van der Waals surface area contributed by atoms with Crippen molar-refractivity contribution in [1.29, 1.82) is 0 Å². The standard InChI is InChI=1S/C20H36N4O3/c1-3-4-5-13-22-19(26)16-9-7-15-24(16)20(27)17-10-8-14-23(17)18(25)11-6-12-21-2/h16-17,21H,3-15H2,1-2H3,(H,22,26). The molecule has 0 bridgehead atoms. The van der Waals surface area contributed by atoms with E-state index in [-0.39, 0.29) is 29.8 Å². The Balaban J connectivity index is 1.91. The van der Waals surface area contributed by atoms with Crippen LogP contribution in [0.1, 0.15) is 64.7 Å². The van der Waals surface area contributed by atoms with E-state index in [9.17, 15) is 14.4 Å². The minimum absolute atomic E-state index is 0.0400. The molecule has 0 radical (unpaired) electrons. The van der Waals surface area contributed by atoms with Gasteiger partial charge in [0.15, 0.2) is 0 Å². The summed E-state index contributed by atoms with van der Waals surface area (Å²) < 4.78 is 0. The number of nitrogens with zero attached hydrogens (tertiary/aromatic N) is 2. The zero-order valence-electron chi connectivity index (χ0n) is 17.0. The topological polar surface area (TPSA) is 81.8 Å². The number of carbonyl (C=O) groups is 3. The fraction of sp³-hybridized carbons (Fsp3) is 0.850. The van der Waals surface area contributed by atoms with E-state index in [0.29, 0.717) is 38.9 Å². The fourth-order valence-electron chi connectivity index (χ4n) is 4.08. The highest BCUT2D eigenvalue weighted by molar-refractivity contribution is 5.92. The van der Waals surface area contributed by atoms with Crippen molar-refractivity contribution in [3.63, 3.8) is 0 Å². The second-order valence-corrected chi connectivity index (χ2v) is 7.64. The number of hydrogen-bond donors (Lipinski definition) is 2. The fourth-order valence-corrected chi connectivity index (χ4v) is 4.08. The number of hydrogen-bond acceptors (Lipinski definition) is 4. The van der Waals surface area contributed by atoms with Crippen LogP contribution in [-0.2, 0) is 14.4 Å². The van der Waals surface area contributed by atoms with Gasteiger partial charge in [-0.3, -0.25) is 14.4 Å². The van der Waals surface area contributed by atoms with Crippen LogP contribution in [0.25, 0.3) is 0 Å². The third-order valence-corrected chi connectivity index (χ3v) is 5.59. The number of nitrogens with one attached hydrogen (secondary N) is 2. The molecule has 0 aromatic rings. The quantitative estimate of drug-likeness (QED) is 0.559. The Morgan fingerprint density at radius 2 is 1.63 bits per heavy atom. The molecule has 7 nitrogen and oxygen atoms in total. The van der Waals surface area contributed by atoms with Gasteiger partial charge in [-0.15, -0.1) is 0 Å². The minimum atomic E-state index is -0.388. The Hall–Kier alpha value is -1.63. The summed E-state index contributed by atoms with van der Waals surface area (Å²) in [5.74, 6) is -0.0246. The molecule has 7 heteroatoms. The highest BCUT2D eigenvalue weighted by Gasteiger charge is 2.41. The van der Waals surface area contributed by atoms with Crippen molar-refractivity contribution in [3.8, 4) is 0 Å². The van der Waals surface area contributed by atoms with E-state index in [0.717, 1.165) is 45.1 Å². The van der Waals surface area contributed by atoms with Crippen molar-refractivity contribution >= 4 is 17.7 Å². The van der Waals surface area contributed by atoms with Crippen LogP contribution in [0.5, 0.6) is 0 Å². The number of likely N-dealkylation sites (tertiary alicyclic amines) is 2. The monoisotopic (exact) mass is 380 g/mol. The Morgan fingerprint density at radius 3 is 2.33 bits per heavy atom. The Bertz CT molecular complexity index is 511. The molecule has 0 aromatic carbocycles. The van der Waals surface area contributed by atoms with Crippen LogP contribution in [0, 0.1) is 0 Å². The highest BCUT2D eigenvalue weighted by Crippen LogP contribution is 2.25. The van der Waals surface area contributed by atoms with Gasteiger partial charge in [-0.1, -0.05) is 19.8 Å². The Labute approximate surface area is 163 Å². The van der Waals surface area contributed by atoms with Crippen LogP contribution in [0.3, 0.4) is 0 Å². The maximum atomic E-state index is 13.1. The van der Waals surface area contributed by atoms with Crippen LogP contribution < -0.4 is 10.6 Å². The maximum Gasteiger partial charge on any atom is 0.246 e. The second-order valence-electron chi connectivity index (χ2n) is 7.64. The van der Waals surface area contributed by atoms with Gasteiger partial charge >= 0.3 is 0 Å². The summed E-state index contributed by atoms with van der Waals surface area (Å²) in [6.45, 7) is 4.86. The van der Waals surface area contributed by atoms with E-state index in [1.54, 1.807) is 9.80 Å². The van der Waals surface area contributed by atoms with E-state index >= 15 is 0 Å². The van der Waals surface area contributed by atoms with E-state index in [1.807, 2.05) is 7.05 Å². The minimum Gasteiger partial charge on any atom is -0.354 e. The van der Waals surface area contributed by atoms with Crippen molar-refractivity contribution in [2.75, 3.05) is 33.2 Å². The molecule has 0 spiro atoms. The van der Waals surface area contributed by atoms with Crippen LogP contribution in [0.15, 0.2) is 0 Å². The van der Waals surface area contributed by atoms with Crippen LogP contribution in [-0.4, -0.2) is 72.8 Å². The summed E-state index contributed by atoms with van der Waals surface area (Å²) >= 11 is 0. The second kappa shape index (κ2) is 11.3. The number of amides is 3. The lowest BCUT2D eigenvalue weighted by molar-refractivity contribution is -0.146. The molecule has 2 rings (SSSR count). The lowest BCUT2D eigenvalue weighted by atomic mass is 10.1. The number of unbranched alkanes of at least 4 members (excludes halogenated alkanes) is 2. The van der Waals surface area contributed by atoms with Gasteiger partial charge < -0.3 is 20.4 Å². The van der Waals surface area contributed by atoms with Crippen molar-refractivity contribution in [2.45, 2.75) is 76.8 Å². The third kappa shape index (κ3) is 5.92. The average Bonchev–Trinajstić information content (AvgIpc) is 3.34. The first-order valence-electron chi connectivity index (χ1n) is 10.6. The summed E-state index contributed by atoms with van der Waals surface area (Å²) in [4.78, 5) is 41.6. The molecule has 2 aliphatic rings. The zero-order valence-corrected chi connectivity index (χ0v) is 17.0. The molecule has 2 fully saturated rings. The molecule has 2 heterocycles. The lowest BCUT2D eigenvalue weighted by Crippen LogP contribution is -2.53. The van der Waals surface area contributed by atoms with Gasteiger partial charge in [0.25, 0.3) is 0 Å². The summed E-state index contributed by atoms with van der Waals surface area (Å²) in [6, 6.07) is -0.762. The van der Waals surface area contributed by atoms with Gasteiger partial charge in [-0.05, 0) is 52.1 Å². The first kappa shape index (κ1) is 21.7. The summed E-state index contributed by atoms with van der Waals surface area (Å²) in [5.41, 5.74) is 0. The summed E-state index contributed by atoms with van der Waals surface area (Å²) in [5, 5.41) is 6.03. The maximum absolute atomic E-state index is 13.1. The summed E-state index contributed by atoms with van der Waals surface area (Å²) in [6.07, 6.45) is 7.55. The van der Waals surface area contributed by atoms with E-state index in [4.69, 9.17) is 0 Å². The zero-order chi connectivity index (χ0) is 19.6. The van der Waals surface area contributed by atoms with Gasteiger partial charge in [-0.25, -0.2) is 0 Å². The predicted molar refractivity (Wildman–Crippen MR) is 105 cm³/mol. The molecule has 3 amide bonds. The summed E-state index contributed by atoms with van der Waals surface area (Å²) in [7, 11) is 1.87. The van der Waals surface area contributed by atoms with Crippen LogP contribution in [0.2, 0.25) is 0 Å². The van der Waals surface area contributed by atoms with Gasteiger partial charge in [-0.2, -0.15) is 0 Å². The first-order valence-corrected chi connectivity index (χ1v) is 10.6. The van der Waals surface area contributed by atoms with Crippen molar-refractivity contribution in [1.82, 2.24) is 20.4 Å². The highest BCUT2D eigenvalue weighted by atomic mass is 16.2. The molecule has 0 aromatic heterocycles. The van der Waals surface area contributed by atoms with Crippen LogP contribution in [0.4, 0.5) is 0 Å². The van der Waals surface area contributed by atoms with Gasteiger partial charge in [0.1, 0.15) is 12.1 Å². The first-order chi connectivity index (χ1) is 13.1. The van der Waals surface area contributed by atoms with Crippen molar-refractivity contribution < 1.29 is 14.4 Å². The predicted octanol–water partition coefficient (Wildman–Crippen LogP) is 1.27. The van der Waals surface area contributed by atoms with Gasteiger partial charge in [0.2, 0.25) is 17.7 Å². The lowest BCUT2D eigenvalue weighted by Gasteiger charge is -2.31. The smallest absolute Gasteiger partial charge is 0.246 e. The Kier molecular flexibility index (Phi) is 9.04. The third-order valence-electron chi connectivity index (χ3n) is 5.59. The number of rotatable bonds is 10. The molecule has 0 saturated carbocycles. The molecule has 2 N–H and O–H groups in total. The van der Waals surface area contributed by atoms with Crippen molar-refractivity contribution in [2.24, 2.45) is 0 Å². The molecule has 2 aliphatic heterocycles. The van der Waals surface area contributed by atoms with Gasteiger partial charge in [0.05, 0.1) is 0 Å². The molecular weight excluding hydrogens is 344 g/mol. The van der Waals surface area contributed by atoms with E-state index < -0.39 is 0 Å². The Morgan fingerprint density at radius 1 is 0.926 bits per heavy atom. The molecular formula is C20H36N4O3. The molecule has 2 unspecified atom stereocenters. The molecule has 27 heavy (non-hydrogen) atoms. The largest absolute Gasteiger partial charge is 0.354 e. The van der Waals surface area contributed by atoms with Gasteiger partial charge in [0, 0.05) is 26.1 Å².